The summed E-state index contributed by atoms with van der Waals surface area (Å²) in [5.74, 6) is -0.256. The number of hydrogen-bond donors (Lipinski definition) is 0. The van der Waals surface area contributed by atoms with E-state index >= 15 is 0 Å². The van der Waals surface area contributed by atoms with Crippen LogP contribution in [0.1, 0.15) is 32.3 Å². The Labute approximate surface area is 139 Å². The van der Waals surface area contributed by atoms with Crippen molar-refractivity contribution in [2.45, 2.75) is 26.7 Å². The fourth-order valence-electron chi connectivity index (χ4n) is 2.32. The highest BCUT2D eigenvalue weighted by molar-refractivity contribution is 5.78. The van der Waals surface area contributed by atoms with E-state index in [0.29, 0.717) is 6.42 Å². The lowest BCUT2D eigenvalue weighted by atomic mass is 10.0. The molecule has 0 aliphatic heterocycles. The van der Waals surface area contributed by atoms with Crippen molar-refractivity contribution < 1.29 is 9.18 Å². The van der Waals surface area contributed by atoms with E-state index in [-0.39, 0.29) is 5.82 Å². The molecule has 4 heteroatoms. The van der Waals surface area contributed by atoms with Crippen LogP contribution in [0.3, 0.4) is 0 Å². The molecule has 0 saturated heterocycles. The lowest BCUT2D eigenvalue weighted by molar-refractivity contribution is -0.107. The van der Waals surface area contributed by atoms with Gasteiger partial charge in [0.15, 0.2) is 0 Å². The van der Waals surface area contributed by atoms with Gasteiger partial charge in [-0.05, 0) is 44.0 Å². The zero-order chi connectivity index (χ0) is 17.4. The largest absolute Gasteiger partial charge is 0.381 e. The zero-order valence-electron chi connectivity index (χ0n) is 14.8. The fourth-order valence-corrected chi connectivity index (χ4v) is 2.32. The highest BCUT2D eigenvalue weighted by Gasteiger charge is 2.10. The number of allylic oxidation sites excluding steroid dienone is 4. The van der Waals surface area contributed by atoms with Crippen molar-refractivity contribution in [3.63, 3.8) is 0 Å². The van der Waals surface area contributed by atoms with Crippen molar-refractivity contribution in [3.05, 3.63) is 47.4 Å². The van der Waals surface area contributed by atoms with Crippen LogP contribution < -0.4 is 4.90 Å². The number of carbonyl (C=O) groups excluding carboxylic acids is 1. The van der Waals surface area contributed by atoms with Crippen molar-refractivity contribution in [1.29, 1.82) is 0 Å². The van der Waals surface area contributed by atoms with Gasteiger partial charge >= 0.3 is 0 Å². The molecule has 0 spiro atoms. The Bertz CT molecular complexity index is 591. The quantitative estimate of drug-likeness (QED) is 0.409. The van der Waals surface area contributed by atoms with E-state index in [0.717, 1.165) is 41.8 Å². The fraction of sp³-hybridized carbons (Fsp3) is 0.421. The third kappa shape index (κ3) is 5.55. The summed E-state index contributed by atoms with van der Waals surface area (Å²) in [6.07, 6.45) is 6.16. The molecule has 0 heterocycles. The van der Waals surface area contributed by atoms with Gasteiger partial charge in [-0.15, -0.1) is 0 Å². The molecule has 0 atom stereocenters. The zero-order valence-corrected chi connectivity index (χ0v) is 14.8. The lowest BCUT2D eigenvalue weighted by Crippen LogP contribution is -2.19. The van der Waals surface area contributed by atoms with Crippen LogP contribution in [0.5, 0.6) is 0 Å². The first-order valence-electron chi connectivity index (χ1n) is 7.87. The summed E-state index contributed by atoms with van der Waals surface area (Å²) in [7, 11) is 5.87. The van der Waals surface area contributed by atoms with E-state index in [1.807, 2.05) is 63.0 Å². The van der Waals surface area contributed by atoms with Crippen molar-refractivity contribution in [2.24, 2.45) is 0 Å². The number of nitrogens with zero attached hydrogens (tertiary/aromatic N) is 2. The average Bonchev–Trinajstić information content (AvgIpc) is 2.51. The summed E-state index contributed by atoms with van der Waals surface area (Å²) < 4.78 is 14.1. The maximum absolute atomic E-state index is 14.1. The van der Waals surface area contributed by atoms with Gasteiger partial charge in [0.25, 0.3) is 0 Å². The number of aldehydes is 1. The first-order chi connectivity index (χ1) is 10.9. The molecule has 0 radical (unpaired) electrons. The molecule has 0 saturated carbocycles. The smallest absolute Gasteiger partial charge is 0.125 e. The third-order valence-corrected chi connectivity index (χ3v) is 3.84. The summed E-state index contributed by atoms with van der Waals surface area (Å²) in [6, 6.07) is 5.08. The second-order valence-electron chi connectivity index (χ2n) is 5.82. The van der Waals surface area contributed by atoms with Crippen molar-refractivity contribution in [1.82, 2.24) is 4.90 Å². The highest BCUT2D eigenvalue weighted by atomic mass is 19.1. The summed E-state index contributed by atoms with van der Waals surface area (Å²) in [4.78, 5) is 14.4. The molecule has 126 valence electrons. The summed E-state index contributed by atoms with van der Waals surface area (Å²) in [5, 5.41) is 0. The standard InChI is InChI=1S/C19H27FN2O/c1-6-9-19(15(2)21(3)4)16-12-17(20)14-18(13-16)22(5)10-7-8-11-23/h6,9,11-14H,7-8,10H2,1-5H3/b9-6-,19-15+. The van der Waals surface area contributed by atoms with Gasteiger partial charge in [0.2, 0.25) is 0 Å². The number of hydrogen-bond acceptors (Lipinski definition) is 3. The summed E-state index contributed by atoms with van der Waals surface area (Å²) in [5.41, 5.74) is 3.74. The Kier molecular flexibility index (Phi) is 7.52. The number of anilines is 1. The van der Waals surface area contributed by atoms with Crippen LogP contribution in [0.15, 0.2) is 36.0 Å². The topological polar surface area (TPSA) is 23.6 Å². The Morgan fingerprint density at radius 3 is 2.48 bits per heavy atom. The van der Waals surface area contributed by atoms with Crippen molar-refractivity contribution in [2.75, 3.05) is 32.6 Å². The van der Waals surface area contributed by atoms with Gasteiger partial charge in [-0.3, -0.25) is 0 Å². The van der Waals surface area contributed by atoms with E-state index in [4.69, 9.17) is 0 Å². The average molecular weight is 318 g/mol. The molecule has 23 heavy (non-hydrogen) atoms. The van der Waals surface area contributed by atoms with Gasteiger partial charge in [0.05, 0.1) is 0 Å². The normalized spacial score (nSPS) is 12.3. The third-order valence-electron chi connectivity index (χ3n) is 3.84. The molecule has 0 aliphatic carbocycles. The molecule has 0 unspecified atom stereocenters. The van der Waals surface area contributed by atoms with Gasteiger partial charge in [-0.2, -0.15) is 0 Å². The van der Waals surface area contributed by atoms with Crippen LogP contribution in [0.25, 0.3) is 5.57 Å². The molecule has 0 aromatic heterocycles. The lowest BCUT2D eigenvalue weighted by Gasteiger charge is -2.22. The van der Waals surface area contributed by atoms with Crippen LogP contribution in [-0.2, 0) is 4.79 Å². The van der Waals surface area contributed by atoms with Crippen molar-refractivity contribution >= 4 is 17.5 Å². The number of benzene rings is 1. The van der Waals surface area contributed by atoms with Crippen LogP contribution in [0.4, 0.5) is 10.1 Å². The second kappa shape index (κ2) is 9.13. The number of rotatable bonds is 8. The van der Waals surface area contributed by atoms with Crippen LogP contribution >= 0.6 is 0 Å². The minimum atomic E-state index is -0.256. The van der Waals surface area contributed by atoms with E-state index in [9.17, 15) is 9.18 Å². The van der Waals surface area contributed by atoms with Crippen molar-refractivity contribution in [3.8, 4) is 0 Å². The summed E-state index contributed by atoms with van der Waals surface area (Å²) in [6.45, 7) is 4.69. The Morgan fingerprint density at radius 1 is 1.22 bits per heavy atom. The minimum Gasteiger partial charge on any atom is -0.381 e. The van der Waals surface area contributed by atoms with Gasteiger partial charge < -0.3 is 14.6 Å². The molecule has 0 bridgehead atoms. The number of carbonyl (C=O) groups is 1. The molecule has 0 amide bonds. The van der Waals surface area contributed by atoms with Crippen LogP contribution in [0, 0.1) is 5.82 Å². The Morgan fingerprint density at radius 2 is 1.91 bits per heavy atom. The number of halogens is 1. The predicted molar refractivity (Wildman–Crippen MR) is 96.1 cm³/mol. The molecule has 0 N–H and O–H groups in total. The summed E-state index contributed by atoms with van der Waals surface area (Å²) >= 11 is 0. The minimum absolute atomic E-state index is 0.256. The van der Waals surface area contributed by atoms with E-state index in [2.05, 4.69) is 0 Å². The van der Waals surface area contributed by atoms with E-state index in [1.165, 1.54) is 6.07 Å². The van der Waals surface area contributed by atoms with Gasteiger partial charge in [-0.25, -0.2) is 4.39 Å². The second-order valence-corrected chi connectivity index (χ2v) is 5.82. The predicted octanol–water partition coefficient (Wildman–Crippen LogP) is 4.11. The molecule has 0 aliphatic rings. The Hall–Kier alpha value is -2.10. The monoisotopic (exact) mass is 318 g/mol. The first-order valence-corrected chi connectivity index (χ1v) is 7.87. The first kappa shape index (κ1) is 18.9. The van der Waals surface area contributed by atoms with E-state index in [1.54, 1.807) is 6.07 Å². The molecule has 1 aromatic carbocycles. The molecule has 0 fully saturated rings. The Balaban J connectivity index is 3.22. The maximum Gasteiger partial charge on any atom is 0.125 e. The highest BCUT2D eigenvalue weighted by Crippen LogP contribution is 2.27. The van der Waals surface area contributed by atoms with Crippen LogP contribution in [-0.4, -0.2) is 38.9 Å². The molecular weight excluding hydrogens is 291 g/mol. The van der Waals surface area contributed by atoms with Gasteiger partial charge in [0.1, 0.15) is 12.1 Å². The van der Waals surface area contributed by atoms with E-state index < -0.39 is 0 Å². The number of unbranched alkanes of at least 4 members (excludes halogenated alkanes) is 1. The molecular formula is C19H27FN2O. The molecule has 3 nitrogen and oxygen atoms in total. The SMILES string of the molecule is C/C=C\C(=C(\C)N(C)C)c1cc(F)cc(N(C)CCCC=O)c1. The van der Waals surface area contributed by atoms with Gasteiger partial charge in [-0.1, -0.05) is 12.2 Å². The maximum atomic E-state index is 14.1. The van der Waals surface area contributed by atoms with Crippen LogP contribution in [0.2, 0.25) is 0 Å². The molecule has 1 aromatic rings. The van der Waals surface area contributed by atoms with Gasteiger partial charge in [0, 0.05) is 51.1 Å². The molecule has 1 rings (SSSR count).